The third kappa shape index (κ3) is 2.42. The zero-order chi connectivity index (χ0) is 12.3. The molecular weight excluding hydrogens is 216 g/mol. The van der Waals surface area contributed by atoms with Crippen molar-refractivity contribution in [2.24, 2.45) is 11.7 Å². The Bertz CT molecular complexity index is 489. The van der Waals surface area contributed by atoms with Gasteiger partial charge in [0, 0.05) is 6.42 Å². The van der Waals surface area contributed by atoms with Gasteiger partial charge in [0.05, 0.1) is 7.11 Å². The maximum absolute atomic E-state index is 5.70. The van der Waals surface area contributed by atoms with Gasteiger partial charge >= 0.3 is 0 Å². The first kappa shape index (κ1) is 11.9. The number of para-hydroxylation sites is 1. The largest absolute Gasteiger partial charge is 0.494 e. The number of rotatable bonds is 5. The normalized spacial score (nSPS) is 12.9. The molecule has 2 rings (SSSR count). The smallest absolute Gasteiger partial charge is 0.195 e. The van der Waals surface area contributed by atoms with Crippen LogP contribution in [0.2, 0.25) is 0 Å². The van der Waals surface area contributed by atoms with Crippen LogP contribution in [0.4, 0.5) is 0 Å². The SMILES string of the molecule is CCC(CN)Cc1nc2c(OC)cccc2o1. The van der Waals surface area contributed by atoms with Gasteiger partial charge in [0.2, 0.25) is 0 Å². The molecule has 0 radical (unpaired) electrons. The molecular formula is C13H18N2O2. The quantitative estimate of drug-likeness (QED) is 0.862. The summed E-state index contributed by atoms with van der Waals surface area (Å²) in [5.74, 6) is 1.91. The molecule has 0 aliphatic rings. The lowest BCUT2D eigenvalue weighted by atomic mass is 10.0. The number of oxazole rings is 1. The van der Waals surface area contributed by atoms with Crippen molar-refractivity contribution in [2.75, 3.05) is 13.7 Å². The molecule has 0 spiro atoms. The number of benzene rings is 1. The lowest BCUT2D eigenvalue weighted by molar-refractivity contribution is 0.419. The second-order valence-corrected chi connectivity index (χ2v) is 4.13. The Morgan fingerprint density at radius 3 is 2.94 bits per heavy atom. The average molecular weight is 234 g/mol. The summed E-state index contributed by atoms with van der Waals surface area (Å²) in [5, 5.41) is 0. The van der Waals surface area contributed by atoms with Crippen LogP contribution in [0.25, 0.3) is 11.1 Å². The summed E-state index contributed by atoms with van der Waals surface area (Å²) in [6, 6.07) is 5.68. The van der Waals surface area contributed by atoms with E-state index in [4.69, 9.17) is 14.9 Å². The fourth-order valence-corrected chi connectivity index (χ4v) is 1.86. The Balaban J connectivity index is 2.31. The lowest BCUT2D eigenvalue weighted by Gasteiger charge is -2.07. The number of nitrogens with two attached hydrogens (primary N) is 1. The van der Waals surface area contributed by atoms with E-state index in [0.717, 1.165) is 35.6 Å². The van der Waals surface area contributed by atoms with E-state index in [1.54, 1.807) is 7.11 Å². The van der Waals surface area contributed by atoms with Crippen LogP contribution in [0.1, 0.15) is 19.2 Å². The van der Waals surface area contributed by atoms with Crippen LogP contribution in [0, 0.1) is 5.92 Å². The van der Waals surface area contributed by atoms with Crippen LogP contribution >= 0.6 is 0 Å². The average Bonchev–Trinajstić information content (AvgIpc) is 2.77. The summed E-state index contributed by atoms with van der Waals surface area (Å²) >= 11 is 0. The van der Waals surface area contributed by atoms with E-state index in [-0.39, 0.29) is 0 Å². The fourth-order valence-electron chi connectivity index (χ4n) is 1.86. The molecule has 1 atom stereocenters. The summed E-state index contributed by atoms with van der Waals surface area (Å²) in [5.41, 5.74) is 7.25. The minimum Gasteiger partial charge on any atom is -0.494 e. The standard InChI is InChI=1S/C13H18N2O2/c1-3-9(8-14)7-12-15-13-10(16-2)5-4-6-11(13)17-12/h4-6,9H,3,7-8,14H2,1-2H3. The van der Waals surface area contributed by atoms with Crippen LogP contribution in [0.3, 0.4) is 0 Å². The molecule has 0 aliphatic heterocycles. The molecule has 4 heteroatoms. The van der Waals surface area contributed by atoms with Crippen molar-refractivity contribution < 1.29 is 9.15 Å². The van der Waals surface area contributed by atoms with Gasteiger partial charge in [-0.1, -0.05) is 19.4 Å². The Morgan fingerprint density at radius 1 is 1.47 bits per heavy atom. The van der Waals surface area contributed by atoms with Crippen LogP contribution in [-0.4, -0.2) is 18.6 Å². The maximum Gasteiger partial charge on any atom is 0.195 e. The molecule has 17 heavy (non-hydrogen) atoms. The van der Waals surface area contributed by atoms with Crippen molar-refractivity contribution in [1.29, 1.82) is 0 Å². The topological polar surface area (TPSA) is 61.3 Å². The Labute approximate surface area is 101 Å². The van der Waals surface area contributed by atoms with Crippen molar-refractivity contribution in [2.45, 2.75) is 19.8 Å². The van der Waals surface area contributed by atoms with Crippen LogP contribution in [0.15, 0.2) is 22.6 Å². The van der Waals surface area contributed by atoms with Gasteiger partial charge in [0.1, 0.15) is 5.75 Å². The van der Waals surface area contributed by atoms with Crippen molar-refractivity contribution in [3.8, 4) is 5.75 Å². The highest BCUT2D eigenvalue weighted by Crippen LogP contribution is 2.26. The third-order valence-corrected chi connectivity index (χ3v) is 3.02. The first-order valence-electron chi connectivity index (χ1n) is 5.91. The Morgan fingerprint density at radius 2 is 2.29 bits per heavy atom. The predicted molar refractivity (Wildman–Crippen MR) is 67.1 cm³/mol. The van der Waals surface area contributed by atoms with Gasteiger partial charge in [-0.05, 0) is 24.6 Å². The number of hydrogen-bond acceptors (Lipinski definition) is 4. The second-order valence-electron chi connectivity index (χ2n) is 4.13. The zero-order valence-electron chi connectivity index (χ0n) is 10.3. The van der Waals surface area contributed by atoms with E-state index in [1.165, 1.54) is 0 Å². The molecule has 4 nitrogen and oxygen atoms in total. The molecule has 0 aliphatic carbocycles. The van der Waals surface area contributed by atoms with Gasteiger partial charge in [-0.3, -0.25) is 0 Å². The van der Waals surface area contributed by atoms with Gasteiger partial charge in [-0.25, -0.2) is 4.98 Å². The highest BCUT2D eigenvalue weighted by molar-refractivity contribution is 5.79. The fraction of sp³-hybridized carbons (Fsp3) is 0.462. The van der Waals surface area contributed by atoms with Crippen LogP contribution < -0.4 is 10.5 Å². The Hall–Kier alpha value is -1.55. The summed E-state index contributed by atoms with van der Waals surface area (Å²) in [4.78, 5) is 4.47. The van der Waals surface area contributed by atoms with Crippen molar-refractivity contribution in [1.82, 2.24) is 4.98 Å². The molecule has 0 saturated carbocycles. The molecule has 0 bridgehead atoms. The number of ether oxygens (including phenoxy) is 1. The maximum atomic E-state index is 5.70. The second kappa shape index (κ2) is 5.19. The molecule has 2 N–H and O–H groups in total. The third-order valence-electron chi connectivity index (χ3n) is 3.02. The summed E-state index contributed by atoms with van der Waals surface area (Å²) < 4.78 is 10.9. The molecule has 0 fully saturated rings. The number of hydrogen-bond donors (Lipinski definition) is 1. The number of nitrogens with zero attached hydrogens (tertiary/aromatic N) is 1. The molecule has 1 unspecified atom stereocenters. The van der Waals surface area contributed by atoms with Crippen molar-refractivity contribution >= 4 is 11.1 Å². The molecule has 1 aromatic heterocycles. The van der Waals surface area contributed by atoms with Crippen molar-refractivity contribution in [3.63, 3.8) is 0 Å². The van der Waals surface area contributed by atoms with Crippen LogP contribution in [0.5, 0.6) is 5.75 Å². The Kier molecular flexibility index (Phi) is 3.64. The molecule has 0 saturated heterocycles. The molecule has 1 heterocycles. The number of methoxy groups -OCH3 is 1. The lowest BCUT2D eigenvalue weighted by Crippen LogP contribution is -2.15. The highest BCUT2D eigenvalue weighted by atomic mass is 16.5. The van der Waals surface area contributed by atoms with E-state index >= 15 is 0 Å². The summed E-state index contributed by atoms with van der Waals surface area (Å²) in [7, 11) is 1.64. The van der Waals surface area contributed by atoms with Gasteiger partial charge in [0.25, 0.3) is 0 Å². The van der Waals surface area contributed by atoms with E-state index in [2.05, 4.69) is 11.9 Å². The minimum atomic E-state index is 0.425. The highest BCUT2D eigenvalue weighted by Gasteiger charge is 2.13. The van der Waals surface area contributed by atoms with E-state index in [9.17, 15) is 0 Å². The minimum absolute atomic E-state index is 0.425. The van der Waals surface area contributed by atoms with Gasteiger partial charge in [0.15, 0.2) is 17.0 Å². The predicted octanol–water partition coefficient (Wildman–Crippen LogP) is 2.36. The van der Waals surface area contributed by atoms with Crippen LogP contribution in [-0.2, 0) is 6.42 Å². The summed E-state index contributed by atoms with van der Waals surface area (Å²) in [6.07, 6.45) is 1.82. The number of fused-ring (bicyclic) bond motifs is 1. The molecule has 2 aromatic rings. The zero-order valence-corrected chi connectivity index (χ0v) is 10.3. The van der Waals surface area contributed by atoms with E-state index in [1.807, 2.05) is 18.2 Å². The van der Waals surface area contributed by atoms with Gasteiger partial charge < -0.3 is 14.9 Å². The molecule has 1 aromatic carbocycles. The van der Waals surface area contributed by atoms with Gasteiger partial charge in [-0.2, -0.15) is 0 Å². The molecule has 92 valence electrons. The first-order chi connectivity index (χ1) is 8.28. The van der Waals surface area contributed by atoms with E-state index in [0.29, 0.717) is 12.5 Å². The number of aromatic nitrogens is 1. The molecule has 0 amide bonds. The summed E-state index contributed by atoms with van der Waals surface area (Å²) in [6.45, 7) is 2.78. The van der Waals surface area contributed by atoms with Crippen molar-refractivity contribution in [3.05, 3.63) is 24.1 Å². The first-order valence-corrected chi connectivity index (χ1v) is 5.91. The monoisotopic (exact) mass is 234 g/mol. The van der Waals surface area contributed by atoms with Gasteiger partial charge in [-0.15, -0.1) is 0 Å². The van der Waals surface area contributed by atoms with E-state index < -0.39 is 0 Å².